The second-order valence-electron chi connectivity index (χ2n) is 11.6. The first kappa shape index (κ1) is 31.6. The van der Waals surface area contributed by atoms with Crippen LogP contribution in [-0.4, -0.2) is 80.1 Å². The van der Waals surface area contributed by atoms with Gasteiger partial charge in [-0.15, -0.1) is 0 Å². The Bertz CT molecular complexity index is 1230. The number of halogens is 3. The zero-order valence-corrected chi connectivity index (χ0v) is 24.5. The van der Waals surface area contributed by atoms with Crippen LogP contribution >= 0.6 is 0 Å². The number of benzene rings is 1. The lowest BCUT2D eigenvalue weighted by Gasteiger charge is -2.43. The second kappa shape index (κ2) is 13.8. The first-order valence-electron chi connectivity index (χ1n) is 14.7. The molecule has 11 heteroatoms. The van der Waals surface area contributed by atoms with E-state index in [1.54, 1.807) is 48.2 Å². The lowest BCUT2D eigenvalue weighted by atomic mass is 9.83. The quantitative estimate of drug-likeness (QED) is 0.356. The van der Waals surface area contributed by atoms with E-state index in [4.69, 9.17) is 14.5 Å². The Kier molecular flexibility index (Phi) is 10.3. The van der Waals surface area contributed by atoms with E-state index in [0.717, 1.165) is 56.7 Å². The van der Waals surface area contributed by atoms with E-state index >= 15 is 0 Å². The average molecular weight is 591 g/mol. The molecule has 3 fully saturated rings. The topological polar surface area (TPSA) is 75.2 Å². The van der Waals surface area contributed by atoms with Crippen LogP contribution < -0.4 is 9.64 Å². The molecule has 0 bridgehead atoms. The molecule has 42 heavy (non-hydrogen) atoms. The Morgan fingerprint density at radius 2 is 1.76 bits per heavy atom. The van der Waals surface area contributed by atoms with Crippen molar-refractivity contribution in [2.75, 3.05) is 51.8 Å². The fraction of sp³-hybridized carbons (Fsp3) is 0.581. The third-order valence-corrected chi connectivity index (χ3v) is 8.32. The number of hydrogen-bond acceptors (Lipinski definition) is 6. The highest BCUT2D eigenvalue weighted by Gasteiger charge is 2.36. The van der Waals surface area contributed by atoms with Gasteiger partial charge in [0.05, 0.1) is 17.9 Å². The van der Waals surface area contributed by atoms with E-state index in [1.807, 2.05) is 19.1 Å². The van der Waals surface area contributed by atoms with Crippen molar-refractivity contribution in [3.63, 3.8) is 0 Å². The number of likely N-dealkylation sites (tertiary alicyclic amines) is 1. The molecule has 0 spiro atoms. The highest BCUT2D eigenvalue weighted by Crippen LogP contribution is 2.42. The van der Waals surface area contributed by atoms with Gasteiger partial charge in [0.15, 0.2) is 6.10 Å². The molecule has 230 valence electrons. The van der Waals surface area contributed by atoms with E-state index in [2.05, 4.69) is 4.90 Å². The summed E-state index contributed by atoms with van der Waals surface area (Å²) >= 11 is 0. The molecule has 2 aromatic rings. The summed E-state index contributed by atoms with van der Waals surface area (Å²) in [6.07, 6.45) is 3.56. The van der Waals surface area contributed by atoms with Crippen LogP contribution in [0.15, 0.2) is 36.4 Å². The van der Waals surface area contributed by atoms with Gasteiger partial charge in [0.25, 0.3) is 11.8 Å². The standard InChI is InChI=1S/C31H40F2N4O4.FH/c1-4-40-24-7-5-6-23(17-24)28(41-31(32)33)30(39)36-14-12-20(13-15-36)16-21-18-37(19-21)26-11-10-25(29(38)35(2)3)27(34-26)22-8-9-22;/h5-7,10-11,17,20-22,28,31H,4,8-9,12-16,18-19H2,1-3H3;1H/t28-;/m1./s1. The third kappa shape index (κ3) is 7.35. The van der Waals surface area contributed by atoms with Crippen molar-refractivity contribution in [1.29, 1.82) is 0 Å². The minimum atomic E-state index is -3.06. The lowest BCUT2D eigenvalue weighted by molar-refractivity contribution is -0.185. The summed E-state index contributed by atoms with van der Waals surface area (Å²) in [5.41, 5.74) is 2.01. The summed E-state index contributed by atoms with van der Waals surface area (Å²) in [5, 5.41) is 0. The van der Waals surface area contributed by atoms with Gasteiger partial charge in [-0.05, 0) is 80.7 Å². The zero-order chi connectivity index (χ0) is 29.1. The van der Waals surface area contributed by atoms with Crippen molar-refractivity contribution in [3.8, 4) is 5.75 Å². The van der Waals surface area contributed by atoms with E-state index in [0.29, 0.717) is 54.3 Å². The Balaban J connectivity index is 0.00000405. The minimum Gasteiger partial charge on any atom is -0.494 e. The maximum atomic E-state index is 13.3. The molecule has 2 saturated heterocycles. The second-order valence-corrected chi connectivity index (χ2v) is 11.6. The summed E-state index contributed by atoms with van der Waals surface area (Å²) in [6.45, 7) is 2.13. The SMILES string of the molecule is CCOc1cccc([C@@H](OC(F)F)C(=O)N2CCC(CC3CN(c4ccc(C(=O)N(C)C)c(C5CC5)n4)C3)CC2)c1.F. The zero-order valence-electron chi connectivity index (χ0n) is 24.5. The molecule has 1 aliphatic carbocycles. The molecular weight excluding hydrogens is 549 g/mol. The molecule has 0 radical (unpaired) electrons. The predicted octanol–water partition coefficient (Wildman–Crippen LogP) is 5.26. The Morgan fingerprint density at radius 3 is 2.38 bits per heavy atom. The molecule has 1 atom stereocenters. The van der Waals surface area contributed by atoms with Gasteiger partial charge in [-0.1, -0.05) is 12.1 Å². The molecule has 0 unspecified atom stereocenters. The molecule has 0 N–H and O–H groups in total. The maximum Gasteiger partial charge on any atom is 0.346 e. The van der Waals surface area contributed by atoms with Gasteiger partial charge in [-0.25, -0.2) is 4.98 Å². The van der Waals surface area contributed by atoms with E-state index in [-0.39, 0.29) is 10.6 Å². The van der Waals surface area contributed by atoms with E-state index in [1.165, 1.54) is 0 Å². The molecule has 1 aromatic heterocycles. The highest BCUT2D eigenvalue weighted by molar-refractivity contribution is 5.95. The van der Waals surface area contributed by atoms with Crippen LogP contribution in [0.4, 0.5) is 19.3 Å². The summed E-state index contributed by atoms with van der Waals surface area (Å²) in [4.78, 5) is 36.3. The number of pyridine rings is 1. The maximum absolute atomic E-state index is 13.3. The summed E-state index contributed by atoms with van der Waals surface area (Å²) in [6, 6.07) is 10.5. The monoisotopic (exact) mass is 590 g/mol. The number of alkyl halides is 2. The van der Waals surface area contributed by atoms with Gasteiger partial charge < -0.3 is 24.2 Å². The smallest absolute Gasteiger partial charge is 0.346 e. The average Bonchev–Trinajstić information content (AvgIpc) is 3.79. The molecule has 2 amide bonds. The number of piperidine rings is 1. The fourth-order valence-electron chi connectivity index (χ4n) is 5.98. The third-order valence-electron chi connectivity index (χ3n) is 8.32. The molecule has 5 rings (SSSR count). The van der Waals surface area contributed by atoms with Gasteiger partial charge in [0.1, 0.15) is 11.6 Å². The first-order valence-corrected chi connectivity index (χ1v) is 14.7. The van der Waals surface area contributed by atoms with Gasteiger partial charge >= 0.3 is 6.61 Å². The molecule has 1 aromatic carbocycles. The van der Waals surface area contributed by atoms with Crippen LogP contribution in [0.3, 0.4) is 0 Å². The van der Waals surface area contributed by atoms with Gasteiger partial charge in [0.2, 0.25) is 0 Å². The largest absolute Gasteiger partial charge is 0.494 e. The Labute approximate surface area is 245 Å². The Hall–Kier alpha value is -3.34. The number of rotatable bonds is 11. The van der Waals surface area contributed by atoms with Crippen molar-refractivity contribution in [2.45, 2.75) is 57.7 Å². The number of amides is 2. The van der Waals surface area contributed by atoms with Crippen molar-refractivity contribution < 1.29 is 32.5 Å². The van der Waals surface area contributed by atoms with Crippen LogP contribution in [0.25, 0.3) is 0 Å². The number of hydrogen-bond donors (Lipinski definition) is 0. The molecule has 8 nitrogen and oxygen atoms in total. The minimum absolute atomic E-state index is 0. The number of aromatic nitrogens is 1. The first-order chi connectivity index (χ1) is 19.7. The number of nitrogens with zero attached hydrogens (tertiary/aromatic N) is 4. The van der Waals surface area contributed by atoms with E-state index < -0.39 is 18.6 Å². The van der Waals surface area contributed by atoms with Crippen molar-refractivity contribution >= 4 is 17.6 Å². The summed E-state index contributed by atoms with van der Waals surface area (Å²) in [7, 11) is 3.54. The van der Waals surface area contributed by atoms with E-state index in [9.17, 15) is 18.4 Å². The van der Waals surface area contributed by atoms with Crippen LogP contribution in [0.2, 0.25) is 0 Å². The molecule has 2 aliphatic heterocycles. The number of anilines is 1. The van der Waals surface area contributed by atoms with Crippen LogP contribution in [-0.2, 0) is 9.53 Å². The van der Waals surface area contributed by atoms with Crippen LogP contribution in [0.5, 0.6) is 5.75 Å². The number of carbonyl (C=O) groups is 2. The van der Waals surface area contributed by atoms with Gasteiger partial charge in [-0.3, -0.25) is 14.3 Å². The predicted molar refractivity (Wildman–Crippen MR) is 154 cm³/mol. The number of carbonyl (C=O) groups excluding carboxylic acids is 2. The van der Waals surface area contributed by atoms with Crippen LogP contribution in [0.1, 0.15) is 72.7 Å². The van der Waals surface area contributed by atoms with Gasteiger partial charge in [0, 0.05) is 46.2 Å². The lowest BCUT2D eigenvalue weighted by Crippen LogP contribution is -2.49. The summed E-state index contributed by atoms with van der Waals surface area (Å²) in [5.74, 6) is 2.45. The molecule has 1 saturated carbocycles. The van der Waals surface area contributed by atoms with Crippen molar-refractivity contribution in [1.82, 2.24) is 14.8 Å². The highest BCUT2D eigenvalue weighted by atomic mass is 19.3. The molecular formula is C31H41F3N4O4. The Morgan fingerprint density at radius 1 is 1.05 bits per heavy atom. The fourth-order valence-corrected chi connectivity index (χ4v) is 5.98. The molecule has 3 heterocycles. The van der Waals surface area contributed by atoms with Crippen molar-refractivity contribution in [2.24, 2.45) is 11.8 Å². The molecule has 3 aliphatic rings. The number of ether oxygens (including phenoxy) is 2. The van der Waals surface area contributed by atoms with Crippen molar-refractivity contribution in [3.05, 3.63) is 53.2 Å². The van der Waals surface area contributed by atoms with Gasteiger partial charge in [-0.2, -0.15) is 8.78 Å². The van der Waals surface area contributed by atoms with Crippen LogP contribution in [0, 0.1) is 11.8 Å². The normalized spacial score (nSPS) is 18.3. The summed E-state index contributed by atoms with van der Waals surface area (Å²) < 4.78 is 36.8.